The molecule has 0 unspecified atom stereocenters. The highest BCUT2D eigenvalue weighted by Crippen LogP contribution is 2.36. The average molecular weight is 303 g/mol. The Kier molecular flexibility index (Phi) is 5.99. The van der Waals surface area contributed by atoms with Crippen LogP contribution in [-0.2, 0) is 0 Å². The van der Waals surface area contributed by atoms with Crippen LogP contribution in [0.3, 0.4) is 0 Å². The van der Waals surface area contributed by atoms with Gasteiger partial charge in [0.2, 0.25) is 0 Å². The van der Waals surface area contributed by atoms with Gasteiger partial charge in [-0.2, -0.15) is 0 Å². The highest BCUT2D eigenvalue weighted by Gasteiger charge is 2.14. The van der Waals surface area contributed by atoms with Crippen molar-refractivity contribution in [2.24, 2.45) is 0 Å². The summed E-state index contributed by atoms with van der Waals surface area (Å²) < 4.78 is 0. The van der Waals surface area contributed by atoms with Gasteiger partial charge < -0.3 is 4.90 Å². The first-order valence-corrected chi connectivity index (χ1v) is 8.24. The standard InChI is InChI=1S/C20H19N.C2H6/c1-16-10-9-15-20(17(16)2)21(18-11-5-3-6-12-18)19-13-7-4-8-14-19;1-2/h3-15H,1-2H3;1-2H3. The SMILES string of the molecule is CC.Cc1cccc(N(c2ccccc2)c2ccccc2)c1C. The molecule has 118 valence electrons. The Morgan fingerprint density at radius 1 is 0.565 bits per heavy atom. The number of hydrogen-bond donors (Lipinski definition) is 0. The number of rotatable bonds is 3. The molecule has 1 heteroatoms. The smallest absolute Gasteiger partial charge is 0.0493 e. The summed E-state index contributed by atoms with van der Waals surface area (Å²) in [6.07, 6.45) is 0. The molecule has 3 rings (SSSR count). The maximum Gasteiger partial charge on any atom is 0.0493 e. The fraction of sp³-hybridized carbons (Fsp3) is 0.182. The third-order valence-corrected chi connectivity index (χ3v) is 3.85. The lowest BCUT2D eigenvalue weighted by Gasteiger charge is -2.27. The molecule has 0 saturated carbocycles. The van der Waals surface area contributed by atoms with Gasteiger partial charge in [-0.3, -0.25) is 0 Å². The minimum absolute atomic E-state index is 1.18. The third-order valence-electron chi connectivity index (χ3n) is 3.85. The van der Waals surface area contributed by atoms with Gasteiger partial charge in [0.1, 0.15) is 0 Å². The van der Waals surface area contributed by atoms with Crippen molar-refractivity contribution in [3.8, 4) is 0 Å². The zero-order valence-corrected chi connectivity index (χ0v) is 14.5. The Bertz CT molecular complexity index is 678. The Labute approximate surface area is 140 Å². The molecule has 23 heavy (non-hydrogen) atoms. The number of benzene rings is 3. The van der Waals surface area contributed by atoms with E-state index in [1.54, 1.807) is 0 Å². The first kappa shape index (κ1) is 16.8. The second-order valence-electron chi connectivity index (χ2n) is 5.23. The predicted octanol–water partition coefficient (Wildman–Crippen LogP) is 6.80. The fourth-order valence-corrected chi connectivity index (χ4v) is 2.56. The van der Waals surface area contributed by atoms with Crippen molar-refractivity contribution < 1.29 is 0 Å². The Morgan fingerprint density at radius 2 is 1.04 bits per heavy atom. The van der Waals surface area contributed by atoms with Gasteiger partial charge in [0, 0.05) is 17.1 Å². The van der Waals surface area contributed by atoms with E-state index in [-0.39, 0.29) is 0 Å². The van der Waals surface area contributed by atoms with E-state index in [0.717, 1.165) is 0 Å². The van der Waals surface area contributed by atoms with Crippen LogP contribution in [0.2, 0.25) is 0 Å². The van der Waals surface area contributed by atoms with Crippen LogP contribution >= 0.6 is 0 Å². The van der Waals surface area contributed by atoms with Crippen molar-refractivity contribution in [2.45, 2.75) is 27.7 Å². The van der Waals surface area contributed by atoms with E-state index >= 15 is 0 Å². The average Bonchev–Trinajstić information content (AvgIpc) is 2.62. The van der Waals surface area contributed by atoms with E-state index in [1.807, 2.05) is 13.8 Å². The number of hydrogen-bond acceptors (Lipinski definition) is 1. The normalized spacial score (nSPS) is 9.74. The van der Waals surface area contributed by atoms with Gasteiger partial charge in [0.25, 0.3) is 0 Å². The van der Waals surface area contributed by atoms with Gasteiger partial charge in [0.15, 0.2) is 0 Å². The second-order valence-corrected chi connectivity index (χ2v) is 5.23. The summed E-state index contributed by atoms with van der Waals surface area (Å²) in [5, 5.41) is 0. The molecule has 0 saturated heterocycles. The molecule has 0 fully saturated rings. The topological polar surface area (TPSA) is 3.24 Å². The maximum absolute atomic E-state index is 2.31. The van der Waals surface area contributed by atoms with Crippen molar-refractivity contribution in [2.75, 3.05) is 4.90 Å². The molecule has 0 amide bonds. The summed E-state index contributed by atoms with van der Waals surface area (Å²) in [6, 6.07) is 27.5. The number of anilines is 3. The molecule has 3 aromatic carbocycles. The summed E-state index contributed by atoms with van der Waals surface area (Å²) in [5.74, 6) is 0. The zero-order valence-electron chi connectivity index (χ0n) is 14.5. The van der Waals surface area contributed by atoms with Crippen LogP contribution in [0.4, 0.5) is 17.1 Å². The number of nitrogens with zero attached hydrogens (tertiary/aromatic N) is 1. The van der Waals surface area contributed by atoms with Gasteiger partial charge in [-0.05, 0) is 55.3 Å². The number of para-hydroxylation sites is 2. The van der Waals surface area contributed by atoms with Crippen LogP contribution in [0.5, 0.6) is 0 Å². The first-order valence-electron chi connectivity index (χ1n) is 8.24. The Hall–Kier alpha value is -2.54. The molecule has 0 spiro atoms. The van der Waals surface area contributed by atoms with Crippen molar-refractivity contribution in [1.29, 1.82) is 0 Å². The molecule has 0 heterocycles. The summed E-state index contributed by atoms with van der Waals surface area (Å²) in [4.78, 5) is 2.31. The molecule has 0 bridgehead atoms. The fourth-order valence-electron chi connectivity index (χ4n) is 2.56. The zero-order chi connectivity index (χ0) is 16.7. The summed E-state index contributed by atoms with van der Waals surface area (Å²) in [5.41, 5.74) is 6.21. The van der Waals surface area contributed by atoms with Crippen LogP contribution in [-0.4, -0.2) is 0 Å². The lowest BCUT2D eigenvalue weighted by atomic mass is 10.1. The summed E-state index contributed by atoms with van der Waals surface area (Å²) >= 11 is 0. The van der Waals surface area contributed by atoms with Gasteiger partial charge in [-0.1, -0.05) is 62.4 Å². The Balaban J connectivity index is 0.000000924. The third kappa shape index (κ3) is 3.81. The highest BCUT2D eigenvalue weighted by atomic mass is 15.1. The van der Waals surface area contributed by atoms with Crippen LogP contribution in [0.1, 0.15) is 25.0 Å². The molecule has 0 aliphatic carbocycles. The van der Waals surface area contributed by atoms with Crippen LogP contribution in [0.25, 0.3) is 0 Å². The molecule has 0 radical (unpaired) electrons. The highest BCUT2D eigenvalue weighted by molar-refractivity contribution is 5.78. The van der Waals surface area contributed by atoms with E-state index < -0.39 is 0 Å². The molecule has 0 aliphatic rings. The van der Waals surface area contributed by atoms with E-state index in [9.17, 15) is 0 Å². The van der Waals surface area contributed by atoms with Gasteiger partial charge >= 0.3 is 0 Å². The molecular weight excluding hydrogens is 278 g/mol. The van der Waals surface area contributed by atoms with Gasteiger partial charge in [0.05, 0.1) is 0 Å². The van der Waals surface area contributed by atoms with Crippen molar-refractivity contribution >= 4 is 17.1 Å². The minimum Gasteiger partial charge on any atom is -0.310 e. The molecule has 0 atom stereocenters. The number of aryl methyl sites for hydroxylation is 1. The minimum atomic E-state index is 1.18. The van der Waals surface area contributed by atoms with Gasteiger partial charge in [-0.25, -0.2) is 0 Å². The first-order chi connectivity index (χ1) is 11.3. The van der Waals surface area contributed by atoms with Crippen LogP contribution in [0, 0.1) is 13.8 Å². The Morgan fingerprint density at radius 3 is 1.52 bits per heavy atom. The summed E-state index contributed by atoms with van der Waals surface area (Å²) in [7, 11) is 0. The quantitative estimate of drug-likeness (QED) is 0.514. The molecule has 3 aromatic rings. The molecule has 0 aliphatic heterocycles. The van der Waals surface area contributed by atoms with Crippen LogP contribution < -0.4 is 4.90 Å². The van der Waals surface area contributed by atoms with Crippen LogP contribution in [0.15, 0.2) is 78.9 Å². The molecule has 1 nitrogen and oxygen atoms in total. The van der Waals surface area contributed by atoms with E-state index in [4.69, 9.17) is 0 Å². The monoisotopic (exact) mass is 303 g/mol. The van der Waals surface area contributed by atoms with Crippen molar-refractivity contribution in [3.05, 3.63) is 90.0 Å². The van der Waals surface area contributed by atoms with Gasteiger partial charge in [-0.15, -0.1) is 0 Å². The molecule has 0 N–H and O–H groups in total. The molecule has 0 aromatic heterocycles. The lowest BCUT2D eigenvalue weighted by Crippen LogP contribution is -2.11. The van der Waals surface area contributed by atoms with Crippen molar-refractivity contribution in [1.82, 2.24) is 0 Å². The lowest BCUT2D eigenvalue weighted by molar-refractivity contribution is 1.22. The maximum atomic E-state index is 2.31. The molecular formula is C22H25N. The second kappa shape index (κ2) is 8.19. The predicted molar refractivity (Wildman–Crippen MR) is 102 cm³/mol. The van der Waals surface area contributed by atoms with Crippen molar-refractivity contribution in [3.63, 3.8) is 0 Å². The van der Waals surface area contributed by atoms with E-state index in [1.165, 1.54) is 28.2 Å². The van der Waals surface area contributed by atoms with E-state index in [0.29, 0.717) is 0 Å². The largest absolute Gasteiger partial charge is 0.310 e. The summed E-state index contributed by atoms with van der Waals surface area (Å²) in [6.45, 7) is 8.34. The van der Waals surface area contributed by atoms with E-state index in [2.05, 4.69) is 97.6 Å².